The predicted octanol–water partition coefficient (Wildman–Crippen LogP) is 3.47. The van der Waals surface area contributed by atoms with Crippen molar-refractivity contribution in [3.05, 3.63) is 83.7 Å². The van der Waals surface area contributed by atoms with E-state index in [2.05, 4.69) is 35.5 Å². The third-order valence-electron chi connectivity index (χ3n) is 4.12. The van der Waals surface area contributed by atoms with Crippen LogP contribution in [0.4, 0.5) is 0 Å². The summed E-state index contributed by atoms with van der Waals surface area (Å²) in [5.74, 6) is 0.0944. The molecule has 0 aliphatic heterocycles. The molecule has 128 valence electrons. The normalized spacial score (nSPS) is 10.6. The number of nitrogens with one attached hydrogen (secondary N) is 1. The number of aryl methyl sites for hydroxylation is 2. The zero-order chi connectivity index (χ0) is 17.5. The molecule has 25 heavy (non-hydrogen) atoms. The van der Waals surface area contributed by atoms with Crippen LogP contribution in [-0.4, -0.2) is 22.2 Å². The van der Waals surface area contributed by atoms with Crippen molar-refractivity contribution < 1.29 is 4.79 Å². The van der Waals surface area contributed by atoms with Gasteiger partial charge in [-0.3, -0.25) is 4.79 Å². The summed E-state index contributed by atoms with van der Waals surface area (Å²) in [6, 6.07) is 18.3. The molecule has 3 aromatic rings. The lowest BCUT2D eigenvalue weighted by Gasteiger charge is -2.05. The topological polar surface area (TPSA) is 46.9 Å². The van der Waals surface area contributed by atoms with Gasteiger partial charge in [-0.25, -0.2) is 4.68 Å². The van der Waals surface area contributed by atoms with Gasteiger partial charge < -0.3 is 5.32 Å². The Morgan fingerprint density at radius 3 is 2.68 bits per heavy atom. The van der Waals surface area contributed by atoms with Gasteiger partial charge in [0.15, 0.2) is 0 Å². The summed E-state index contributed by atoms with van der Waals surface area (Å²) in [7, 11) is 0. The summed E-state index contributed by atoms with van der Waals surface area (Å²) >= 11 is 0. The van der Waals surface area contributed by atoms with Gasteiger partial charge in [0.25, 0.3) is 0 Å². The summed E-state index contributed by atoms with van der Waals surface area (Å²) in [5, 5.41) is 7.36. The van der Waals surface area contributed by atoms with E-state index in [1.54, 1.807) is 0 Å². The van der Waals surface area contributed by atoms with E-state index >= 15 is 0 Å². The Labute approximate surface area is 148 Å². The molecule has 3 rings (SSSR count). The smallest absolute Gasteiger partial charge is 0.220 e. The first-order chi connectivity index (χ1) is 12.2. The molecule has 0 unspecified atom stereocenters. The lowest BCUT2D eigenvalue weighted by atomic mass is 10.1. The maximum atomic E-state index is 12.0. The third kappa shape index (κ3) is 5.05. The van der Waals surface area contributed by atoms with E-state index in [1.165, 1.54) is 11.1 Å². The van der Waals surface area contributed by atoms with Gasteiger partial charge in [-0.2, -0.15) is 5.10 Å². The van der Waals surface area contributed by atoms with Gasteiger partial charge >= 0.3 is 0 Å². The van der Waals surface area contributed by atoms with Crippen molar-refractivity contribution in [3.8, 4) is 5.69 Å². The Bertz CT molecular complexity index is 824. The van der Waals surface area contributed by atoms with E-state index in [9.17, 15) is 4.79 Å². The molecule has 0 saturated carbocycles. The maximum Gasteiger partial charge on any atom is 0.220 e. The lowest BCUT2D eigenvalue weighted by molar-refractivity contribution is -0.121. The fraction of sp³-hybridized carbons (Fsp3) is 0.238. The highest BCUT2D eigenvalue weighted by atomic mass is 16.1. The zero-order valence-electron chi connectivity index (χ0n) is 14.5. The van der Waals surface area contributed by atoms with Crippen molar-refractivity contribution in [1.29, 1.82) is 0 Å². The summed E-state index contributed by atoms with van der Waals surface area (Å²) in [6.45, 7) is 2.70. The number of amides is 1. The van der Waals surface area contributed by atoms with Crippen molar-refractivity contribution >= 4 is 5.91 Å². The second kappa shape index (κ2) is 8.29. The predicted molar refractivity (Wildman–Crippen MR) is 99.8 cm³/mol. The molecule has 4 heteroatoms. The SMILES string of the molecule is Cc1cccc(CCC(=O)NCCc2cnn(-c3ccccc3)c2)c1. The average molecular weight is 333 g/mol. The summed E-state index contributed by atoms with van der Waals surface area (Å²) in [4.78, 5) is 12.0. The molecule has 1 amide bonds. The number of aromatic nitrogens is 2. The molecule has 0 atom stereocenters. The fourth-order valence-corrected chi connectivity index (χ4v) is 2.77. The van der Waals surface area contributed by atoms with Crippen LogP contribution < -0.4 is 5.32 Å². The van der Waals surface area contributed by atoms with Gasteiger partial charge in [0.05, 0.1) is 11.9 Å². The summed E-state index contributed by atoms with van der Waals surface area (Å²) in [5.41, 5.74) is 4.59. The van der Waals surface area contributed by atoms with Crippen LogP contribution in [0.5, 0.6) is 0 Å². The molecule has 0 aliphatic rings. The Morgan fingerprint density at radius 2 is 1.88 bits per heavy atom. The standard InChI is InChI=1S/C21H23N3O/c1-17-6-5-7-18(14-17)10-11-21(25)22-13-12-19-15-23-24(16-19)20-8-3-2-4-9-20/h2-9,14-16H,10-13H2,1H3,(H,22,25). The molecule has 2 aromatic carbocycles. The molecule has 1 heterocycles. The first-order valence-electron chi connectivity index (χ1n) is 8.62. The van der Waals surface area contributed by atoms with Gasteiger partial charge in [0.2, 0.25) is 5.91 Å². The van der Waals surface area contributed by atoms with Crippen LogP contribution in [-0.2, 0) is 17.6 Å². The second-order valence-corrected chi connectivity index (χ2v) is 6.22. The number of rotatable bonds is 7. The highest BCUT2D eigenvalue weighted by Gasteiger charge is 2.04. The van der Waals surface area contributed by atoms with E-state index < -0.39 is 0 Å². The molecule has 0 bridgehead atoms. The highest BCUT2D eigenvalue weighted by molar-refractivity contribution is 5.76. The Kier molecular flexibility index (Phi) is 5.62. The van der Waals surface area contributed by atoms with E-state index in [0.717, 1.165) is 24.1 Å². The average Bonchev–Trinajstić information content (AvgIpc) is 3.10. The summed E-state index contributed by atoms with van der Waals surface area (Å²) in [6.07, 6.45) is 5.94. The second-order valence-electron chi connectivity index (χ2n) is 6.22. The zero-order valence-corrected chi connectivity index (χ0v) is 14.5. The van der Waals surface area contributed by atoms with Gasteiger partial charge in [0, 0.05) is 19.2 Å². The van der Waals surface area contributed by atoms with E-state index in [4.69, 9.17) is 0 Å². The first-order valence-corrected chi connectivity index (χ1v) is 8.62. The number of benzene rings is 2. The number of para-hydroxylation sites is 1. The van der Waals surface area contributed by atoms with Crippen LogP contribution >= 0.6 is 0 Å². The van der Waals surface area contributed by atoms with Gasteiger partial charge in [-0.05, 0) is 43.0 Å². The Morgan fingerprint density at radius 1 is 1.04 bits per heavy atom. The van der Waals surface area contributed by atoms with Crippen molar-refractivity contribution in [2.45, 2.75) is 26.2 Å². The van der Waals surface area contributed by atoms with Crippen LogP contribution in [0, 0.1) is 6.92 Å². The van der Waals surface area contributed by atoms with Gasteiger partial charge in [-0.1, -0.05) is 48.0 Å². The van der Waals surface area contributed by atoms with Crippen molar-refractivity contribution in [2.75, 3.05) is 6.54 Å². The highest BCUT2D eigenvalue weighted by Crippen LogP contribution is 2.08. The number of hydrogen-bond donors (Lipinski definition) is 1. The van der Waals surface area contributed by atoms with Crippen LogP contribution in [0.25, 0.3) is 5.69 Å². The molecule has 0 spiro atoms. The minimum Gasteiger partial charge on any atom is -0.356 e. The number of carbonyl (C=O) groups is 1. The minimum absolute atomic E-state index is 0.0944. The molecule has 4 nitrogen and oxygen atoms in total. The van der Waals surface area contributed by atoms with Crippen molar-refractivity contribution in [2.24, 2.45) is 0 Å². The maximum absolute atomic E-state index is 12.0. The van der Waals surface area contributed by atoms with Gasteiger partial charge in [-0.15, -0.1) is 0 Å². The first kappa shape index (κ1) is 17.0. The Hall–Kier alpha value is -2.88. The largest absolute Gasteiger partial charge is 0.356 e. The lowest BCUT2D eigenvalue weighted by Crippen LogP contribution is -2.25. The van der Waals surface area contributed by atoms with Gasteiger partial charge in [0.1, 0.15) is 0 Å². The third-order valence-corrected chi connectivity index (χ3v) is 4.12. The fourth-order valence-electron chi connectivity index (χ4n) is 2.77. The van der Waals surface area contributed by atoms with Crippen LogP contribution in [0.2, 0.25) is 0 Å². The minimum atomic E-state index is 0.0944. The molecular formula is C21H23N3O. The molecule has 0 fully saturated rings. The van der Waals surface area contributed by atoms with Crippen LogP contribution in [0.1, 0.15) is 23.1 Å². The van der Waals surface area contributed by atoms with Crippen LogP contribution in [0.15, 0.2) is 67.0 Å². The van der Waals surface area contributed by atoms with E-state index in [-0.39, 0.29) is 5.91 Å². The molecule has 1 aromatic heterocycles. The van der Waals surface area contributed by atoms with E-state index in [0.29, 0.717) is 13.0 Å². The van der Waals surface area contributed by atoms with Crippen molar-refractivity contribution in [1.82, 2.24) is 15.1 Å². The number of hydrogen-bond acceptors (Lipinski definition) is 2. The van der Waals surface area contributed by atoms with Crippen molar-refractivity contribution in [3.63, 3.8) is 0 Å². The van der Waals surface area contributed by atoms with E-state index in [1.807, 2.05) is 53.5 Å². The summed E-state index contributed by atoms with van der Waals surface area (Å²) < 4.78 is 1.86. The van der Waals surface area contributed by atoms with Crippen LogP contribution in [0.3, 0.4) is 0 Å². The molecule has 0 aliphatic carbocycles. The molecular weight excluding hydrogens is 310 g/mol. The quantitative estimate of drug-likeness (QED) is 0.719. The monoisotopic (exact) mass is 333 g/mol. The molecule has 0 radical (unpaired) electrons. The number of carbonyl (C=O) groups excluding carboxylic acids is 1. The molecule has 1 N–H and O–H groups in total. The molecule has 0 saturated heterocycles. The number of nitrogens with zero attached hydrogens (tertiary/aromatic N) is 2. The Balaban J connectivity index is 1.42.